The van der Waals surface area contributed by atoms with E-state index in [9.17, 15) is 0 Å². The van der Waals surface area contributed by atoms with Crippen molar-refractivity contribution in [2.45, 2.75) is 12.8 Å². The van der Waals surface area contributed by atoms with E-state index in [4.69, 9.17) is 11.0 Å². The van der Waals surface area contributed by atoms with Crippen LogP contribution in [-0.2, 0) is 12.8 Å². The summed E-state index contributed by atoms with van der Waals surface area (Å²) in [4.78, 5) is 2.32. The summed E-state index contributed by atoms with van der Waals surface area (Å²) >= 11 is 0. The zero-order valence-electron chi connectivity index (χ0n) is 11.3. The van der Waals surface area contributed by atoms with E-state index in [1.807, 2.05) is 12.1 Å². The summed E-state index contributed by atoms with van der Waals surface area (Å²) in [5, 5.41) is 8.91. The molecule has 0 saturated heterocycles. The summed E-state index contributed by atoms with van der Waals surface area (Å²) in [6, 6.07) is 16.3. The second-order valence-corrected chi connectivity index (χ2v) is 5.14. The van der Waals surface area contributed by atoms with Gasteiger partial charge in [-0.15, -0.1) is 0 Å². The zero-order valence-corrected chi connectivity index (χ0v) is 11.3. The van der Waals surface area contributed by atoms with Crippen molar-refractivity contribution in [2.75, 3.05) is 23.7 Å². The second-order valence-electron chi connectivity index (χ2n) is 5.14. The van der Waals surface area contributed by atoms with Gasteiger partial charge in [0.2, 0.25) is 0 Å². The number of rotatable bonds is 1. The Kier molecular flexibility index (Phi) is 3.30. The van der Waals surface area contributed by atoms with E-state index in [-0.39, 0.29) is 0 Å². The maximum atomic E-state index is 8.91. The van der Waals surface area contributed by atoms with Gasteiger partial charge in [-0.3, -0.25) is 0 Å². The molecule has 2 aromatic rings. The summed E-state index contributed by atoms with van der Waals surface area (Å²) in [6.45, 7) is 1.93. The molecule has 3 nitrogen and oxygen atoms in total. The van der Waals surface area contributed by atoms with E-state index in [2.05, 4.69) is 35.2 Å². The van der Waals surface area contributed by atoms with Crippen molar-refractivity contribution >= 4 is 11.4 Å². The monoisotopic (exact) mass is 263 g/mol. The van der Waals surface area contributed by atoms with Gasteiger partial charge in [-0.2, -0.15) is 5.26 Å². The van der Waals surface area contributed by atoms with E-state index in [1.165, 1.54) is 11.1 Å². The van der Waals surface area contributed by atoms with Gasteiger partial charge in [0.1, 0.15) is 0 Å². The average molecular weight is 263 g/mol. The summed E-state index contributed by atoms with van der Waals surface area (Å²) in [7, 11) is 0. The molecule has 100 valence electrons. The molecule has 0 radical (unpaired) electrons. The van der Waals surface area contributed by atoms with Crippen LogP contribution in [0.1, 0.15) is 16.7 Å². The van der Waals surface area contributed by atoms with Gasteiger partial charge in [-0.25, -0.2) is 0 Å². The number of hydrogen-bond donors (Lipinski definition) is 1. The first-order valence-electron chi connectivity index (χ1n) is 6.89. The number of benzene rings is 2. The number of nitrogen functional groups attached to an aromatic ring is 1. The van der Waals surface area contributed by atoms with E-state index in [1.54, 1.807) is 6.07 Å². The highest BCUT2D eigenvalue weighted by Gasteiger charge is 2.15. The Balaban J connectivity index is 1.85. The Morgan fingerprint density at radius 3 is 2.20 bits per heavy atom. The minimum absolute atomic E-state index is 0.615. The third kappa shape index (κ3) is 2.33. The third-order valence-electron chi connectivity index (χ3n) is 3.92. The average Bonchev–Trinajstić information content (AvgIpc) is 2.70. The van der Waals surface area contributed by atoms with Crippen LogP contribution in [0.4, 0.5) is 11.4 Å². The SMILES string of the molecule is N#Cc1ccc(N2CCc3ccccc3CC2)c(N)c1. The molecule has 1 aliphatic heterocycles. The highest BCUT2D eigenvalue weighted by molar-refractivity contribution is 5.69. The second kappa shape index (κ2) is 5.26. The van der Waals surface area contributed by atoms with Crippen LogP contribution in [0.25, 0.3) is 0 Å². The molecule has 0 aliphatic carbocycles. The molecular formula is C17H17N3. The van der Waals surface area contributed by atoms with Gasteiger partial charge in [0.05, 0.1) is 23.0 Å². The van der Waals surface area contributed by atoms with Crippen molar-refractivity contribution in [3.63, 3.8) is 0 Å². The van der Waals surface area contributed by atoms with E-state index >= 15 is 0 Å². The Morgan fingerprint density at radius 1 is 1.00 bits per heavy atom. The van der Waals surface area contributed by atoms with Crippen molar-refractivity contribution in [3.8, 4) is 6.07 Å². The molecular weight excluding hydrogens is 246 g/mol. The molecule has 0 amide bonds. The predicted molar refractivity (Wildman–Crippen MR) is 81.6 cm³/mol. The highest BCUT2D eigenvalue weighted by atomic mass is 15.1. The molecule has 2 aromatic carbocycles. The van der Waals surface area contributed by atoms with Crippen molar-refractivity contribution < 1.29 is 0 Å². The molecule has 0 aromatic heterocycles. The number of nitriles is 1. The fraction of sp³-hybridized carbons (Fsp3) is 0.235. The van der Waals surface area contributed by atoms with Crippen LogP contribution in [0.15, 0.2) is 42.5 Å². The van der Waals surface area contributed by atoms with Crippen LogP contribution in [0.3, 0.4) is 0 Å². The lowest BCUT2D eigenvalue weighted by Crippen LogP contribution is -2.26. The minimum Gasteiger partial charge on any atom is -0.397 e. The fourth-order valence-electron chi connectivity index (χ4n) is 2.82. The highest BCUT2D eigenvalue weighted by Crippen LogP contribution is 2.27. The van der Waals surface area contributed by atoms with Gasteiger partial charge < -0.3 is 10.6 Å². The van der Waals surface area contributed by atoms with Crippen molar-refractivity contribution in [3.05, 3.63) is 59.2 Å². The largest absolute Gasteiger partial charge is 0.397 e. The third-order valence-corrected chi connectivity index (χ3v) is 3.92. The Hall–Kier alpha value is -2.47. The normalized spacial score (nSPS) is 14.2. The number of nitrogens with two attached hydrogens (primary N) is 1. The van der Waals surface area contributed by atoms with Crippen LogP contribution in [0.2, 0.25) is 0 Å². The lowest BCUT2D eigenvalue weighted by atomic mass is 10.0. The van der Waals surface area contributed by atoms with Gasteiger partial charge >= 0.3 is 0 Å². The molecule has 1 heterocycles. The summed E-state index contributed by atoms with van der Waals surface area (Å²) in [6.07, 6.45) is 2.07. The molecule has 20 heavy (non-hydrogen) atoms. The van der Waals surface area contributed by atoms with Crippen LogP contribution >= 0.6 is 0 Å². The van der Waals surface area contributed by atoms with Crippen molar-refractivity contribution in [1.29, 1.82) is 5.26 Å². The van der Waals surface area contributed by atoms with E-state index < -0.39 is 0 Å². The van der Waals surface area contributed by atoms with Crippen molar-refractivity contribution in [2.24, 2.45) is 0 Å². The van der Waals surface area contributed by atoms with Gasteiger partial charge in [-0.05, 0) is 42.2 Å². The molecule has 0 spiro atoms. The van der Waals surface area contributed by atoms with Gasteiger partial charge in [0, 0.05) is 13.1 Å². The zero-order chi connectivity index (χ0) is 13.9. The lowest BCUT2D eigenvalue weighted by Gasteiger charge is -2.24. The topological polar surface area (TPSA) is 53.0 Å². The summed E-state index contributed by atoms with van der Waals surface area (Å²) in [5.41, 5.74) is 11.3. The minimum atomic E-state index is 0.615. The van der Waals surface area contributed by atoms with Crippen LogP contribution < -0.4 is 10.6 Å². The molecule has 0 fully saturated rings. The van der Waals surface area contributed by atoms with Gasteiger partial charge in [0.15, 0.2) is 0 Å². The molecule has 3 heteroatoms. The number of nitrogens with zero attached hydrogens (tertiary/aromatic N) is 2. The van der Waals surface area contributed by atoms with Gasteiger partial charge in [0.25, 0.3) is 0 Å². The van der Waals surface area contributed by atoms with Crippen molar-refractivity contribution in [1.82, 2.24) is 0 Å². The first kappa shape index (κ1) is 12.6. The van der Waals surface area contributed by atoms with Crippen LogP contribution in [0, 0.1) is 11.3 Å². The lowest BCUT2D eigenvalue weighted by molar-refractivity contribution is 0.807. The standard InChI is InChI=1S/C17H17N3/c18-12-13-5-6-17(16(19)11-13)20-9-7-14-3-1-2-4-15(14)8-10-20/h1-6,11H,7-10,19H2. The Morgan fingerprint density at radius 2 is 1.65 bits per heavy atom. The number of anilines is 2. The Labute approximate surface area is 119 Å². The van der Waals surface area contributed by atoms with Crippen LogP contribution in [0.5, 0.6) is 0 Å². The smallest absolute Gasteiger partial charge is 0.0992 e. The van der Waals surface area contributed by atoms with E-state index in [0.717, 1.165) is 31.6 Å². The predicted octanol–water partition coefficient (Wildman–Crippen LogP) is 2.75. The molecule has 0 unspecified atom stereocenters. The molecule has 3 rings (SSSR count). The first-order valence-corrected chi connectivity index (χ1v) is 6.89. The molecule has 0 saturated carbocycles. The maximum absolute atomic E-state index is 8.91. The number of hydrogen-bond acceptors (Lipinski definition) is 3. The molecule has 0 atom stereocenters. The fourth-order valence-corrected chi connectivity index (χ4v) is 2.82. The summed E-state index contributed by atoms with van der Waals surface area (Å²) in [5.74, 6) is 0. The Bertz CT molecular complexity index is 643. The molecule has 1 aliphatic rings. The summed E-state index contributed by atoms with van der Waals surface area (Å²) < 4.78 is 0. The first-order chi connectivity index (χ1) is 9.78. The maximum Gasteiger partial charge on any atom is 0.0992 e. The van der Waals surface area contributed by atoms with Crippen LogP contribution in [-0.4, -0.2) is 13.1 Å². The van der Waals surface area contributed by atoms with Gasteiger partial charge in [-0.1, -0.05) is 24.3 Å². The molecule has 0 bridgehead atoms. The number of fused-ring (bicyclic) bond motifs is 1. The van der Waals surface area contributed by atoms with E-state index in [0.29, 0.717) is 11.3 Å². The quantitative estimate of drug-likeness (QED) is 0.805. The molecule has 2 N–H and O–H groups in total.